The SMILES string of the molecule is CCO[C@H]1[C@@H](OC)[C@H](n2cnc3c(=O)[nH]c(N)nc32)O[C@@H]1CNS(C)(=O)=O. The third kappa shape index (κ3) is 3.96. The van der Waals surface area contributed by atoms with Crippen molar-refractivity contribution in [2.75, 3.05) is 32.3 Å². The van der Waals surface area contributed by atoms with Gasteiger partial charge in [0, 0.05) is 20.3 Å². The van der Waals surface area contributed by atoms with Gasteiger partial charge >= 0.3 is 0 Å². The van der Waals surface area contributed by atoms with Gasteiger partial charge in [-0.3, -0.25) is 14.3 Å². The van der Waals surface area contributed by atoms with Crippen molar-refractivity contribution in [2.45, 2.75) is 31.5 Å². The van der Waals surface area contributed by atoms with E-state index < -0.39 is 40.1 Å². The fourth-order valence-corrected chi connectivity index (χ4v) is 3.57. The average molecular weight is 402 g/mol. The van der Waals surface area contributed by atoms with Crippen molar-refractivity contribution in [1.29, 1.82) is 0 Å². The van der Waals surface area contributed by atoms with Gasteiger partial charge < -0.3 is 19.9 Å². The predicted octanol–water partition coefficient (Wildman–Crippen LogP) is -1.43. The Balaban J connectivity index is 1.98. The number of hydrogen-bond donors (Lipinski definition) is 3. The molecular weight excluding hydrogens is 380 g/mol. The fraction of sp³-hybridized carbons (Fsp3) is 0.643. The number of aromatic amines is 1. The van der Waals surface area contributed by atoms with Crippen molar-refractivity contribution in [3.8, 4) is 0 Å². The molecule has 0 saturated carbocycles. The molecule has 1 aliphatic rings. The number of rotatable bonds is 7. The lowest BCUT2D eigenvalue weighted by Gasteiger charge is -2.23. The highest BCUT2D eigenvalue weighted by Crippen LogP contribution is 2.34. The molecule has 1 saturated heterocycles. The molecule has 1 aliphatic heterocycles. The van der Waals surface area contributed by atoms with E-state index >= 15 is 0 Å². The smallest absolute Gasteiger partial charge is 0.280 e. The monoisotopic (exact) mass is 402 g/mol. The van der Waals surface area contributed by atoms with Crippen LogP contribution < -0.4 is 16.0 Å². The van der Waals surface area contributed by atoms with E-state index in [1.54, 1.807) is 0 Å². The maximum atomic E-state index is 12.0. The van der Waals surface area contributed by atoms with E-state index in [0.717, 1.165) is 6.26 Å². The Bertz CT molecular complexity index is 972. The molecular formula is C14H22N6O6S. The van der Waals surface area contributed by atoms with Crippen molar-refractivity contribution >= 4 is 27.1 Å². The van der Waals surface area contributed by atoms with E-state index in [9.17, 15) is 13.2 Å². The number of imidazole rings is 1. The van der Waals surface area contributed by atoms with Crippen LogP contribution in [-0.4, -0.2) is 72.8 Å². The summed E-state index contributed by atoms with van der Waals surface area (Å²) in [6, 6.07) is 0. The number of methoxy groups -OCH3 is 1. The summed E-state index contributed by atoms with van der Waals surface area (Å²) in [5.41, 5.74) is 5.50. The highest BCUT2D eigenvalue weighted by Gasteiger charge is 2.47. The van der Waals surface area contributed by atoms with E-state index in [2.05, 4.69) is 19.7 Å². The number of nitrogen functional groups attached to an aromatic ring is 1. The molecule has 0 unspecified atom stereocenters. The number of aromatic nitrogens is 4. The molecule has 0 aromatic carbocycles. The zero-order valence-corrected chi connectivity index (χ0v) is 15.9. The van der Waals surface area contributed by atoms with Gasteiger partial charge in [-0.1, -0.05) is 0 Å². The maximum Gasteiger partial charge on any atom is 0.280 e. The molecule has 3 rings (SSSR count). The first kappa shape index (κ1) is 19.7. The molecule has 4 atom stereocenters. The second-order valence-electron chi connectivity index (χ2n) is 6.08. The topological polar surface area (TPSA) is 163 Å². The number of anilines is 1. The Morgan fingerprint density at radius 1 is 1.44 bits per heavy atom. The van der Waals surface area contributed by atoms with Crippen LogP contribution in [0, 0.1) is 0 Å². The van der Waals surface area contributed by atoms with Gasteiger partial charge in [0.15, 0.2) is 17.4 Å². The lowest BCUT2D eigenvalue weighted by molar-refractivity contribution is -0.0566. The first-order chi connectivity index (χ1) is 12.7. The van der Waals surface area contributed by atoms with Gasteiger partial charge in [0.25, 0.3) is 5.56 Å². The molecule has 4 N–H and O–H groups in total. The molecule has 2 aromatic rings. The molecule has 150 valence electrons. The zero-order valence-electron chi connectivity index (χ0n) is 15.1. The van der Waals surface area contributed by atoms with E-state index in [-0.39, 0.29) is 23.7 Å². The standard InChI is InChI=1S/C14H22N6O6S/c1-4-25-9-7(5-17-27(3,22)23)26-13(10(9)24-2)20-6-16-8-11(20)18-14(15)19-12(8)21/h6-7,9-10,13,17H,4-5H2,1-3H3,(H3,15,18,19,21)/t7-,9-,10-,13-/m1/s1. The van der Waals surface area contributed by atoms with E-state index in [0.29, 0.717) is 6.61 Å². The number of fused-ring (bicyclic) bond motifs is 1. The number of hydrogen-bond acceptors (Lipinski definition) is 9. The summed E-state index contributed by atoms with van der Waals surface area (Å²) in [6.45, 7) is 2.20. The van der Waals surface area contributed by atoms with Crippen LogP contribution in [0.5, 0.6) is 0 Å². The van der Waals surface area contributed by atoms with Gasteiger partial charge in [-0.2, -0.15) is 4.98 Å². The number of nitrogens with one attached hydrogen (secondary N) is 2. The molecule has 13 heteroatoms. The number of nitrogens with two attached hydrogens (primary N) is 1. The molecule has 0 radical (unpaired) electrons. The van der Waals surface area contributed by atoms with Crippen LogP contribution >= 0.6 is 0 Å². The highest BCUT2D eigenvalue weighted by molar-refractivity contribution is 7.88. The van der Waals surface area contributed by atoms with Crippen LogP contribution in [0.4, 0.5) is 5.95 Å². The Hall–Kier alpha value is -2.06. The van der Waals surface area contributed by atoms with Gasteiger partial charge in [0.2, 0.25) is 16.0 Å². The summed E-state index contributed by atoms with van der Waals surface area (Å²) in [4.78, 5) is 22.6. The first-order valence-electron chi connectivity index (χ1n) is 8.22. The van der Waals surface area contributed by atoms with Gasteiger partial charge in [-0.05, 0) is 6.92 Å². The average Bonchev–Trinajstić information content (AvgIpc) is 3.14. The van der Waals surface area contributed by atoms with Crippen LogP contribution in [-0.2, 0) is 24.2 Å². The maximum absolute atomic E-state index is 12.0. The van der Waals surface area contributed by atoms with Crippen LogP contribution in [0.2, 0.25) is 0 Å². The lowest BCUT2D eigenvalue weighted by Crippen LogP contribution is -2.41. The summed E-state index contributed by atoms with van der Waals surface area (Å²) in [5.74, 6) is -0.0575. The largest absolute Gasteiger partial charge is 0.374 e. The molecule has 3 heterocycles. The Kier molecular flexibility index (Phi) is 5.48. The van der Waals surface area contributed by atoms with Crippen molar-refractivity contribution in [2.24, 2.45) is 0 Å². The summed E-state index contributed by atoms with van der Waals surface area (Å²) < 4.78 is 44.2. The molecule has 0 amide bonds. The normalized spacial score (nSPS) is 26.0. The molecule has 1 fully saturated rings. The second kappa shape index (κ2) is 7.52. The Morgan fingerprint density at radius 3 is 2.81 bits per heavy atom. The summed E-state index contributed by atoms with van der Waals surface area (Å²) >= 11 is 0. The summed E-state index contributed by atoms with van der Waals surface area (Å²) in [7, 11) is -1.92. The first-order valence-corrected chi connectivity index (χ1v) is 10.1. The predicted molar refractivity (Wildman–Crippen MR) is 95.5 cm³/mol. The van der Waals surface area contributed by atoms with E-state index in [1.807, 2.05) is 6.92 Å². The van der Waals surface area contributed by atoms with Crippen LogP contribution in [0.1, 0.15) is 13.2 Å². The van der Waals surface area contributed by atoms with Crippen molar-refractivity contribution in [3.63, 3.8) is 0 Å². The second-order valence-corrected chi connectivity index (χ2v) is 7.91. The lowest BCUT2D eigenvalue weighted by atomic mass is 10.1. The molecule has 0 aliphatic carbocycles. The third-order valence-corrected chi connectivity index (χ3v) is 4.88. The molecule has 0 spiro atoms. The van der Waals surface area contributed by atoms with Crippen molar-refractivity contribution < 1.29 is 22.6 Å². The van der Waals surface area contributed by atoms with Gasteiger partial charge in [0.05, 0.1) is 12.6 Å². The highest BCUT2D eigenvalue weighted by atomic mass is 32.2. The molecule has 2 aromatic heterocycles. The fourth-order valence-electron chi connectivity index (χ4n) is 3.10. The van der Waals surface area contributed by atoms with E-state index in [4.69, 9.17) is 19.9 Å². The van der Waals surface area contributed by atoms with Crippen molar-refractivity contribution in [3.05, 3.63) is 16.7 Å². The summed E-state index contributed by atoms with van der Waals surface area (Å²) in [5, 5.41) is 0. The van der Waals surface area contributed by atoms with Crippen molar-refractivity contribution in [1.82, 2.24) is 24.2 Å². The minimum atomic E-state index is -3.41. The van der Waals surface area contributed by atoms with Crippen LogP contribution in [0.3, 0.4) is 0 Å². The number of sulfonamides is 1. The Labute approximate surface area is 155 Å². The minimum absolute atomic E-state index is 0.00262. The van der Waals surface area contributed by atoms with E-state index in [1.165, 1.54) is 18.0 Å². The minimum Gasteiger partial charge on any atom is -0.374 e. The molecule has 12 nitrogen and oxygen atoms in total. The molecule has 0 bridgehead atoms. The van der Waals surface area contributed by atoms with Crippen LogP contribution in [0.15, 0.2) is 11.1 Å². The number of nitrogens with zero attached hydrogens (tertiary/aromatic N) is 3. The quantitative estimate of drug-likeness (QED) is 0.503. The van der Waals surface area contributed by atoms with Gasteiger partial charge in [0.1, 0.15) is 18.3 Å². The van der Waals surface area contributed by atoms with Crippen LogP contribution in [0.25, 0.3) is 11.2 Å². The Morgan fingerprint density at radius 2 is 2.19 bits per heavy atom. The number of ether oxygens (including phenoxy) is 3. The number of H-pyrrole nitrogens is 1. The van der Waals surface area contributed by atoms with Gasteiger partial charge in [-0.25, -0.2) is 18.1 Å². The summed E-state index contributed by atoms with van der Waals surface area (Å²) in [6.07, 6.45) is -0.0287. The third-order valence-electron chi connectivity index (χ3n) is 4.19. The zero-order chi connectivity index (χ0) is 19.8. The molecule has 27 heavy (non-hydrogen) atoms. The van der Waals surface area contributed by atoms with Gasteiger partial charge in [-0.15, -0.1) is 0 Å².